The summed E-state index contributed by atoms with van der Waals surface area (Å²) in [6.07, 6.45) is 0. The lowest BCUT2D eigenvalue weighted by Crippen LogP contribution is -2.06. The highest BCUT2D eigenvalue weighted by Crippen LogP contribution is 2.39. The molecule has 11 aromatic rings. The van der Waals surface area contributed by atoms with Gasteiger partial charge in [0.15, 0.2) is 11.6 Å². The zero-order valence-corrected chi connectivity index (χ0v) is 28.0. The van der Waals surface area contributed by atoms with E-state index in [0.29, 0.717) is 17.6 Å². The van der Waals surface area contributed by atoms with E-state index in [1.165, 1.54) is 37.7 Å². The second-order valence-electron chi connectivity index (χ2n) is 13.3. The zero-order valence-electron chi connectivity index (χ0n) is 28.0. The minimum Gasteiger partial charge on any atom is -0.309 e. The maximum atomic E-state index is 5.32. The van der Waals surface area contributed by atoms with Crippen LogP contribution in [0.5, 0.6) is 0 Å². The van der Waals surface area contributed by atoms with Gasteiger partial charge in [-0.2, -0.15) is 9.97 Å². The van der Waals surface area contributed by atoms with Crippen molar-refractivity contribution < 1.29 is 0 Å². The first-order valence-electron chi connectivity index (χ1n) is 17.5. The molecule has 0 N–H and O–H groups in total. The summed E-state index contributed by atoms with van der Waals surface area (Å²) in [4.78, 5) is 15.7. The first-order chi connectivity index (χ1) is 25.8. The predicted molar refractivity (Wildman–Crippen MR) is 214 cm³/mol. The summed E-state index contributed by atoms with van der Waals surface area (Å²) in [6, 6.07) is 62.0. The molecule has 0 atom stereocenters. The average molecular weight is 664 g/mol. The molecule has 52 heavy (non-hydrogen) atoms. The molecule has 0 aliphatic rings. The van der Waals surface area contributed by atoms with E-state index >= 15 is 0 Å². The molecule has 5 nitrogen and oxygen atoms in total. The molecule has 0 aliphatic heterocycles. The Balaban J connectivity index is 1.21. The first kappa shape index (κ1) is 28.7. The van der Waals surface area contributed by atoms with Crippen molar-refractivity contribution in [3.05, 3.63) is 176 Å². The number of nitrogens with zero attached hydrogens (tertiary/aromatic N) is 5. The van der Waals surface area contributed by atoms with Crippen LogP contribution in [0, 0.1) is 0 Å². The van der Waals surface area contributed by atoms with Crippen LogP contribution in [0.2, 0.25) is 0 Å². The quantitative estimate of drug-likeness (QED) is 0.188. The molecule has 0 saturated carbocycles. The Morgan fingerprint density at radius 2 is 0.942 bits per heavy atom. The molecular formula is C47H29N5. The van der Waals surface area contributed by atoms with Crippen molar-refractivity contribution in [1.82, 2.24) is 24.1 Å². The Labute approximate surface area is 298 Å². The molecule has 0 spiro atoms. The van der Waals surface area contributed by atoms with Gasteiger partial charge in [-0.05, 0) is 76.1 Å². The maximum absolute atomic E-state index is 5.32. The lowest BCUT2D eigenvalue weighted by atomic mass is 10.0. The fourth-order valence-electron chi connectivity index (χ4n) is 7.97. The highest BCUT2D eigenvalue weighted by Gasteiger charge is 2.21. The van der Waals surface area contributed by atoms with E-state index in [9.17, 15) is 0 Å². The summed E-state index contributed by atoms with van der Waals surface area (Å²) >= 11 is 0. The van der Waals surface area contributed by atoms with Crippen LogP contribution in [0.4, 0.5) is 0 Å². The minimum absolute atomic E-state index is 0.584. The molecule has 0 saturated heterocycles. The number of hydrogen-bond acceptors (Lipinski definition) is 3. The van der Waals surface area contributed by atoms with Crippen molar-refractivity contribution in [1.29, 1.82) is 0 Å². The van der Waals surface area contributed by atoms with Crippen molar-refractivity contribution in [2.45, 2.75) is 0 Å². The summed E-state index contributed by atoms with van der Waals surface area (Å²) < 4.78 is 4.55. The van der Waals surface area contributed by atoms with E-state index in [0.717, 1.165) is 44.3 Å². The van der Waals surface area contributed by atoms with E-state index in [-0.39, 0.29) is 0 Å². The molecule has 0 unspecified atom stereocenters. The minimum atomic E-state index is 0.584. The van der Waals surface area contributed by atoms with Gasteiger partial charge in [-0.25, -0.2) is 4.98 Å². The Hall–Kier alpha value is -7.11. The van der Waals surface area contributed by atoms with E-state index in [1.807, 2.05) is 18.2 Å². The third-order valence-corrected chi connectivity index (χ3v) is 10.3. The van der Waals surface area contributed by atoms with Crippen LogP contribution >= 0.6 is 0 Å². The van der Waals surface area contributed by atoms with Gasteiger partial charge in [-0.15, -0.1) is 0 Å². The van der Waals surface area contributed by atoms with Gasteiger partial charge >= 0.3 is 0 Å². The van der Waals surface area contributed by atoms with Gasteiger partial charge < -0.3 is 4.57 Å². The van der Waals surface area contributed by atoms with E-state index in [2.05, 4.69) is 167 Å². The van der Waals surface area contributed by atoms with E-state index in [1.54, 1.807) is 0 Å². The molecular weight excluding hydrogens is 635 g/mol. The number of hydrogen-bond donors (Lipinski definition) is 0. The van der Waals surface area contributed by atoms with Crippen LogP contribution in [0.3, 0.4) is 0 Å². The third kappa shape index (κ3) is 4.33. The molecule has 3 heterocycles. The summed E-state index contributed by atoms with van der Waals surface area (Å²) in [5.41, 5.74) is 7.40. The van der Waals surface area contributed by atoms with Crippen molar-refractivity contribution in [3.8, 4) is 34.4 Å². The highest BCUT2D eigenvalue weighted by molar-refractivity contribution is 6.23. The van der Waals surface area contributed by atoms with Crippen LogP contribution in [0.25, 0.3) is 99.6 Å². The Morgan fingerprint density at radius 3 is 1.75 bits per heavy atom. The summed E-state index contributed by atoms with van der Waals surface area (Å²) in [7, 11) is 0. The van der Waals surface area contributed by atoms with Crippen LogP contribution in [0.1, 0.15) is 0 Å². The SMILES string of the molecule is c1ccc(-c2nc(-c3ccc4c(c3)c3ccccc3n4-c3ccccc3)nc(-n3c4cc5ccccc5cc4c4c5ccccc5ccc43)n2)cc1. The Kier molecular flexibility index (Phi) is 6.18. The second-order valence-corrected chi connectivity index (χ2v) is 13.3. The smallest absolute Gasteiger partial charge is 0.238 e. The lowest BCUT2D eigenvalue weighted by molar-refractivity contribution is 0.954. The molecule has 0 aliphatic carbocycles. The van der Waals surface area contributed by atoms with E-state index < -0.39 is 0 Å². The molecule has 242 valence electrons. The molecule has 0 bridgehead atoms. The van der Waals surface area contributed by atoms with Gasteiger partial charge in [-0.1, -0.05) is 121 Å². The maximum Gasteiger partial charge on any atom is 0.238 e. The Morgan fingerprint density at radius 1 is 0.327 bits per heavy atom. The van der Waals surface area contributed by atoms with Gasteiger partial charge in [0.2, 0.25) is 5.95 Å². The second kappa shape index (κ2) is 11.2. The number of fused-ring (bicyclic) bond motifs is 9. The molecule has 5 heteroatoms. The molecule has 11 rings (SSSR count). The zero-order chi connectivity index (χ0) is 34.2. The number of aromatic nitrogens is 5. The summed E-state index contributed by atoms with van der Waals surface area (Å²) in [5, 5.41) is 9.47. The van der Waals surface area contributed by atoms with Crippen LogP contribution < -0.4 is 0 Å². The van der Waals surface area contributed by atoms with Gasteiger partial charge in [0.25, 0.3) is 0 Å². The number of para-hydroxylation sites is 2. The van der Waals surface area contributed by atoms with E-state index in [4.69, 9.17) is 15.0 Å². The standard InChI is InChI=1S/C47H29N5/c1-3-14-31(15-4-1)45-48-46(34-24-25-41-38(28-34)37-21-11-12-22-40(37)51(41)35-18-5-2-6-19-35)50-47(49-45)52-42-26-23-30-13-9-10-20-36(30)44(42)39-27-32-16-7-8-17-33(32)29-43(39)52/h1-29H. The fourth-order valence-corrected chi connectivity index (χ4v) is 7.97. The number of rotatable bonds is 4. The van der Waals surface area contributed by atoms with Crippen molar-refractivity contribution >= 4 is 65.2 Å². The van der Waals surface area contributed by atoms with Crippen molar-refractivity contribution in [2.75, 3.05) is 0 Å². The first-order valence-corrected chi connectivity index (χ1v) is 17.5. The van der Waals surface area contributed by atoms with Gasteiger partial charge in [0.05, 0.1) is 22.1 Å². The van der Waals surface area contributed by atoms with Crippen molar-refractivity contribution in [3.63, 3.8) is 0 Å². The van der Waals surface area contributed by atoms with Crippen LogP contribution in [-0.2, 0) is 0 Å². The normalized spacial score (nSPS) is 11.8. The van der Waals surface area contributed by atoms with Gasteiger partial charge in [-0.3, -0.25) is 4.57 Å². The van der Waals surface area contributed by atoms with Crippen LogP contribution in [-0.4, -0.2) is 24.1 Å². The lowest BCUT2D eigenvalue weighted by Gasteiger charge is -2.12. The molecule has 3 aromatic heterocycles. The number of benzene rings is 8. The largest absolute Gasteiger partial charge is 0.309 e. The summed E-state index contributed by atoms with van der Waals surface area (Å²) in [5.74, 6) is 1.84. The topological polar surface area (TPSA) is 48.5 Å². The molecule has 0 fully saturated rings. The van der Waals surface area contributed by atoms with Crippen LogP contribution in [0.15, 0.2) is 176 Å². The van der Waals surface area contributed by atoms with Gasteiger partial charge in [0.1, 0.15) is 0 Å². The Bertz CT molecular complexity index is 3180. The van der Waals surface area contributed by atoms with Crippen molar-refractivity contribution in [2.24, 2.45) is 0 Å². The predicted octanol–water partition coefficient (Wildman–Crippen LogP) is 11.7. The average Bonchev–Trinajstić information content (AvgIpc) is 3.72. The monoisotopic (exact) mass is 663 g/mol. The molecule has 0 radical (unpaired) electrons. The summed E-state index contributed by atoms with van der Waals surface area (Å²) in [6.45, 7) is 0. The highest BCUT2D eigenvalue weighted by atomic mass is 15.2. The van der Waals surface area contributed by atoms with Gasteiger partial charge in [0, 0.05) is 38.4 Å². The fraction of sp³-hybridized carbons (Fsp3) is 0. The molecule has 8 aromatic carbocycles. The third-order valence-electron chi connectivity index (χ3n) is 10.3. The molecule has 0 amide bonds.